The van der Waals surface area contributed by atoms with Gasteiger partial charge in [-0.15, -0.1) is 0 Å². The molecular formula is C20H15FN2O3S. The topological polar surface area (TPSA) is 64.4 Å². The van der Waals surface area contributed by atoms with Gasteiger partial charge in [0.1, 0.15) is 23.9 Å². The van der Waals surface area contributed by atoms with Crippen molar-refractivity contribution >= 4 is 32.6 Å². The summed E-state index contributed by atoms with van der Waals surface area (Å²) in [6.07, 6.45) is 0. The van der Waals surface area contributed by atoms with Crippen LogP contribution < -0.4 is 10.1 Å². The number of furan rings is 1. The summed E-state index contributed by atoms with van der Waals surface area (Å²) in [6.45, 7) is 2.15. The average Bonchev–Trinajstić information content (AvgIpc) is 3.27. The Morgan fingerprint density at radius 1 is 1.19 bits per heavy atom. The molecule has 136 valence electrons. The number of amides is 1. The van der Waals surface area contributed by atoms with Crippen LogP contribution in [-0.4, -0.2) is 10.9 Å². The lowest BCUT2D eigenvalue weighted by molar-refractivity contribution is 0.0992. The third kappa shape index (κ3) is 3.98. The smallest absolute Gasteiger partial charge is 0.293 e. The Labute approximate surface area is 158 Å². The van der Waals surface area contributed by atoms with Gasteiger partial charge < -0.3 is 9.15 Å². The van der Waals surface area contributed by atoms with E-state index in [1.807, 2.05) is 25.1 Å². The number of fused-ring (bicyclic) bond motifs is 1. The largest absolute Gasteiger partial charge is 0.486 e. The molecule has 1 amide bonds. The molecule has 0 bridgehead atoms. The minimum atomic E-state index is -0.376. The van der Waals surface area contributed by atoms with Crippen LogP contribution in [0.4, 0.5) is 9.52 Å². The molecule has 0 atom stereocenters. The number of rotatable bonds is 5. The zero-order valence-corrected chi connectivity index (χ0v) is 15.2. The van der Waals surface area contributed by atoms with Crippen molar-refractivity contribution < 1.29 is 18.3 Å². The van der Waals surface area contributed by atoms with Crippen molar-refractivity contribution in [2.45, 2.75) is 13.5 Å². The second kappa shape index (κ2) is 7.20. The Morgan fingerprint density at radius 2 is 2.00 bits per heavy atom. The van der Waals surface area contributed by atoms with Gasteiger partial charge in [0.25, 0.3) is 5.91 Å². The van der Waals surface area contributed by atoms with E-state index in [4.69, 9.17) is 9.15 Å². The molecular weight excluding hydrogens is 367 g/mol. The van der Waals surface area contributed by atoms with E-state index in [0.29, 0.717) is 16.6 Å². The highest BCUT2D eigenvalue weighted by atomic mass is 32.1. The number of anilines is 1. The second-order valence-corrected chi connectivity index (χ2v) is 6.98. The normalized spacial score (nSPS) is 10.9. The first-order chi connectivity index (χ1) is 13.1. The molecule has 0 saturated heterocycles. The van der Waals surface area contributed by atoms with E-state index in [9.17, 15) is 9.18 Å². The fraction of sp³-hybridized carbons (Fsp3) is 0.100. The summed E-state index contributed by atoms with van der Waals surface area (Å²) in [4.78, 5) is 16.8. The Morgan fingerprint density at radius 3 is 2.81 bits per heavy atom. The van der Waals surface area contributed by atoms with Crippen LogP contribution in [0, 0.1) is 12.7 Å². The lowest BCUT2D eigenvalue weighted by Gasteiger charge is -2.03. The summed E-state index contributed by atoms with van der Waals surface area (Å²) >= 11 is 1.41. The van der Waals surface area contributed by atoms with Crippen LogP contribution in [0.5, 0.6) is 5.75 Å². The molecule has 0 aliphatic heterocycles. The predicted molar refractivity (Wildman–Crippen MR) is 102 cm³/mol. The molecule has 27 heavy (non-hydrogen) atoms. The van der Waals surface area contributed by atoms with Crippen LogP contribution in [0.2, 0.25) is 0 Å². The lowest BCUT2D eigenvalue weighted by Crippen LogP contribution is -2.10. The van der Waals surface area contributed by atoms with E-state index < -0.39 is 0 Å². The number of aromatic nitrogens is 1. The van der Waals surface area contributed by atoms with Crippen molar-refractivity contribution in [1.82, 2.24) is 4.98 Å². The number of hydrogen-bond donors (Lipinski definition) is 1. The molecule has 2 heterocycles. The van der Waals surface area contributed by atoms with Crippen LogP contribution in [0.1, 0.15) is 21.9 Å². The average molecular weight is 382 g/mol. The summed E-state index contributed by atoms with van der Waals surface area (Å²) in [7, 11) is 0. The van der Waals surface area contributed by atoms with Gasteiger partial charge in [-0.25, -0.2) is 9.37 Å². The summed E-state index contributed by atoms with van der Waals surface area (Å²) in [5, 5.41) is 3.27. The van der Waals surface area contributed by atoms with E-state index >= 15 is 0 Å². The first kappa shape index (κ1) is 17.2. The van der Waals surface area contributed by atoms with Crippen LogP contribution >= 0.6 is 11.3 Å². The predicted octanol–water partition coefficient (Wildman–Crippen LogP) is 5.17. The van der Waals surface area contributed by atoms with Crippen molar-refractivity contribution in [2.24, 2.45) is 0 Å². The molecule has 4 aromatic rings. The number of nitrogens with one attached hydrogen (secondary N) is 1. The van der Waals surface area contributed by atoms with Crippen molar-refractivity contribution in [2.75, 3.05) is 5.32 Å². The minimum absolute atomic E-state index is 0.138. The van der Waals surface area contributed by atoms with E-state index in [2.05, 4.69) is 10.3 Å². The zero-order chi connectivity index (χ0) is 18.8. The molecule has 0 spiro atoms. The Hall–Kier alpha value is -3.19. The first-order valence-electron chi connectivity index (χ1n) is 8.22. The van der Waals surface area contributed by atoms with Crippen molar-refractivity contribution in [3.8, 4) is 5.75 Å². The number of benzene rings is 2. The molecule has 1 N–H and O–H groups in total. The summed E-state index contributed by atoms with van der Waals surface area (Å²) in [5.74, 6) is 0.472. The van der Waals surface area contributed by atoms with Gasteiger partial charge in [-0.05, 0) is 61.0 Å². The van der Waals surface area contributed by atoms with Gasteiger partial charge in [0.15, 0.2) is 10.9 Å². The quantitative estimate of drug-likeness (QED) is 0.517. The highest BCUT2D eigenvalue weighted by molar-refractivity contribution is 7.22. The van der Waals surface area contributed by atoms with Gasteiger partial charge in [0, 0.05) is 0 Å². The summed E-state index contributed by atoms with van der Waals surface area (Å²) in [6, 6.07) is 14.9. The summed E-state index contributed by atoms with van der Waals surface area (Å²) < 4.78 is 24.9. The minimum Gasteiger partial charge on any atom is -0.486 e. The third-order valence-corrected chi connectivity index (χ3v) is 4.78. The number of hydrogen-bond acceptors (Lipinski definition) is 5. The fourth-order valence-corrected chi connectivity index (χ4v) is 3.47. The molecule has 0 radical (unpaired) electrons. The van der Waals surface area contributed by atoms with Crippen LogP contribution in [0.15, 0.2) is 59.0 Å². The molecule has 7 heteroatoms. The number of aryl methyl sites for hydroxylation is 1. The number of carbonyl (C=O) groups excluding carboxylic acids is 1. The Bertz CT molecular complexity index is 1100. The third-order valence-electron chi connectivity index (χ3n) is 3.84. The van der Waals surface area contributed by atoms with Crippen molar-refractivity contribution in [3.63, 3.8) is 0 Å². The highest BCUT2D eigenvalue weighted by Gasteiger charge is 2.14. The fourth-order valence-electron chi connectivity index (χ4n) is 2.51. The molecule has 0 aliphatic carbocycles. The molecule has 4 rings (SSSR count). The molecule has 5 nitrogen and oxygen atoms in total. The number of ether oxygens (including phenoxy) is 1. The Kier molecular flexibility index (Phi) is 4.60. The second-order valence-electron chi connectivity index (χ2n) is 5.95. The highest BCUT2D eigenvalue weighted by Crippen LogP contribution is 2.27. The maximum atomic E-state index is 12.9. The van der Waals surface area contributed by atoms with Gasteiger partial charge in [-0.1, -0.05) is 17.4 Å². The monoisotopic (exact) mass is 382 g/mol. The Balaban J connectivity index is 1.40. The number of nitrogens with zero attached hydrogens (tertiary/aromatic N) is 1. The van der Waals surface area contributed by atoms with E-state index in [1.165, 1.54) is 35.6 Å². The lowest BCUT2D eigenvalue weighted by atomic mass is 10.2. The molecule has 2 aromatic heterocycles. The van der Waals surface area contributed by atoms with Gasteiger partial charge >= 0.3 is 0 Å². The van der Waals surface area contributed by atoms with Gasteiger partial charge in [-0.3, -0.25) is 10.1 Å². The number of thiazole rings is 1. The van der Waals surface area contributed by atoms with Gasteiger partial charge in [0.2, 0.25) is 0 Å². The van der Waals surface area contributed by atoms with Crippen molar-refractivity contribution in [3.05, 3.63) is 77.5 Å². The van der Waals surface area contributed by atoms with Crippen molar-refractivity contribution in [1.29, 1.82) is 0 Å². The number of halogens is 1. The first-order valence-corrected chi connectivity index (χ1v) is 9.04. The maximum absolute atomic E-state index is 12.9. The molecule has 0 aliphatic rings. The maximum Gasteiger partial charge on any atom is 0.293 e. The van der Waals surface area contributed by atoms with Crippen LogP contribution in [0.25, 0.3) is 10.2 Å². The molecule has 2 aromatic carbocycles. The molecule has 0 unspecified atom stereocenters. The molecule has 0 saturated carbocycles. The SMILES string of the molecule is Cc1ccc2nc(NC(=O)c3ccc(COc4ccc(F)cc4)o3)sc2c1. The van der Waals surface area contributed by atoms with E-state index in [0.717, 1.165) is 15.8 Å². The van der Waals surface area contributed by atoms with E-state index in [1.54, 1.807) is 12.1 Å². The van der Waals surface area contributed by atoms with Gasteiger partial charge in [0.05, 0.1) is 10.2 Å². The summed E-state index contributed by atoms with van der Waals surface area (Å²) in [5.41, 5.74) is 1.98. The van der Waals surface area contributed by atoms with Crippen LogP contribution in [0.3, 0.4) is 0 Å². The van der Waals surface area contributed by atoms with E-state index in [-0.39, 0.29) is 24.1 Å². The van der Waals surface area contributed by atoms with Gasteiger partial charge in [-0.2, -0.15) is 0 Å². The van der Waals surface area contributed by atoms with Crippen LogP contribution in [-0.2, 0) is 6.61 Å². The molecule has 0 fully saturated rings. The standard InChI is InChI=1S/C20H15FN2O3S/c1-12-2-8-16-18(10-12)27-20(22-16)23-19(24)17-9-7-15(26-17)11-25-14-5-3-13(21)4-6-14/h2-10H,11H2,1H3,(H,22,23,24). The number of carbonyl (C=O) groups is 1. The zero-order valence-electron chi connectivity index (χ0n) is 14.4.